The molecule has 0 bridgehead atoms. The number of thiazole rings is 1. The number of benzene rings is 2. The van der Waals surface area contributed by atoms with Gasteiger partial charge in [-0.3, -0.25) is 9.36 Å². The van der Waals surface area contributed by atoms with Crippen LogP contribution in [0.2, 0.25) is 0 Å². The summed E-state index contributed by atoms with van der Waals surface area (Å²) >= 11 is 1.16. The van der Waals surface area contributed by atoms with E-state index in [2.05, 4.69) is 11.6 Å². The van der Waals surface area contributed by atoms with Gasteiger partial charge in [-0.25, -0.2) is 14.2 Å². The summed E-state index contributed by atoms with van der Waals surface area (Å²) in [6, 6.07) is 14.8. The van der Waals surface area contributed by atoms with Crippen LogP contribution in [0, 0.1) is 5.82 Å². The number of allylic oxidation sites excluding steroid dienone is 1. The van der Waals surface area contributed by atoms with Crippen molar-refractivity contribution in [3.63, 3.8) is 0 Å². The van der Waals surface area contributed by atoms with Gasteiger partial charge in [0.1, 0.15) is 12.4 Å². The molecule has 1 atom stereocenters. The normalized spacial score (nSPS) is 15.9. The largest absolute Gasteiger partial charge is 0.458 e. The van der Waals surface area contributed by atoms with Gasteiger partial charge < -0.3 is 4.74 Å². The minimum Gasteiger partial charge on any atom is -0.458 e. The maximum absolute atomic E-state index is 14.1. The molecule has 7 heteroatoms. The first kappa shape index (κ1) is 20.7. The molecule has 0 radical (unpaired) electrons. The number of fused-ring (bicyclic) bond motifs is 1. The van der Waals surface area contributed by atoms with Gasteiger partial charge in [-0.2, -0.15) is 0 Å². The van der Waals surface area contributed by atoms with E-state index in [9.17, 15) is 14.0 Å². The van der Waals surface area contributed by atoms with Gasteiger partial charge in [0, 0.05) is 5.56 Å². The summed E-state index contributed by atoms with van der Waals surface area (Å²) < 4.78 is 21.2. The Labute approximate surface area is 181 Å². The average Bonchev–Trinajstić information content (AvgIpc) is 3.08. The Morgan fingerprint density at radius 3 is 2.65 bits per heavy atom. The highest BCUT2D eigenvalue weighted by molar-refractivity contribution is 7.07. The maximum Gasteiger partial charge on any atom is 0.338 e. The maximum atomic E-state index is 14.1. The van der Waals surface area contributed by atoms with Crippen LogP contribution in [0.15, 0.2) is 88.3 Å². The smallest absolute Gasteiger partial charge is 0.338 e. The molecule has 1 aliphatic rings. The highest BCUT2D eigenvalue weighted by Gasteiger charge is 2.33. The van der Waals surface area contributed by atoms with Crippen molar-refractivity contribution in [3.8, 4) is 0 Å². The monoisotopic (exact) mass is 434 g/mol. The van der Waals surface area contributed by atoms with Gasteiger partial charge in [0.25, 0.3) is 5.56 Å². The minimum absolute atomic E-state index is 0.0504. The molecule has 0 aliphatic carbocycles. The van der Waals surface area contributed by atoms with Crippen LogP contribution in [0.4, 0.5) is 4.39 Å². The quantitative estimate of drug-likeness (QED) is 0.458. The van der Waals surface area contributed by atoms with Crippen LogP contribution in [-0.4, -0.2) is 17.1 Å². The first-order valence-electron chi connectivity index (χ1n) is 9.61. The number of nitrogens with zero attached hydrogens (tertiary/aromatic N) is 2. The Hall–Kier alpha value is -3.58. The van der Waals surface area contributed by atoms with Gasteiger partial charge in [0.05, 0.1) is 21.8 Å². The molecule has 2 heterocycles. The number of carbonyl (C=O) groups excluding carboxylic acids is 1. The van der Waals surface area contributed by atoms with E-state index in [0.29, 0.717) is 20.6 Å². The second kappa shape index (κ2) is 8.65. The van der Waals surface area contributed by atoms with Crippen LogP contribution in [0.1, 0.15) is 24.1 Å². The summed E-state index contributed by atoms with van der Waals surface area (Å²) in [5, 5.41) is 0. The predicted molar refractivity (Wildman–Crippen MR) is 118 cm³/mol. The molecule has 1 aliphatic heterocycles. The molecule has 156 valence electrons. The summed E-state index contributed by atoms with van der Waals surface area (Å²) in [5.41, 5.74) is 1.48. The molecule has 0 unspecified atom stereocenters. The van der Waals surface area contributed by atoms with Crippen molar-refractivity contribution in [1.29, 1.82) is 0 Å². The molecule has 0 fully saturated rings. The van der Waals surface area contributed by atoms with Crippen molar-refractivity contribution < 1.29 is 13.9 Å². The zero-order valence-corrected chi connectivity index (χ0v) is 17.6. The summed E-state index contributed by atoms with van der Waals surface area (Å²) in [6.45, 7) is 5.34. The van der Waals surface area contributed by atoms with E-state index in [1.54, 1.807) is 25.1 Å². The van der Waals surface area contributed by atoms with Gasteiger partial charge in [-0.1, -0.05) is 72.5 Å². The summed E-state index contributed by atoms with van der Waals surface area (Å²) in [5.74, 6) is -0.976. The van der Waals surface area contributed by atoms with E-state index in [-0.39, 0.29) is 17.7 Å². The second-order valence-electron chi connectivity index (χ2n) is 6.90. The number of aromatic nitrogens is 1. The lowest BCUT2D eigenvalue weighted by Gasteiger charge is -2.24. The lowest BCUT2D eigenvalue weighted by Crippen LogP contribution is -2.39. The topological polar surface area (TPSA) is 60.7 Å². The SMILES string of the molecule is C=CCOC(=O)C1=C(C)N=c2s/c(=C\c3ccccc3F)c(=O)n2[C@@H]1c1ccccc1. The zero-order chi connectivity index (χ0) is 22.0. The Balaban J connectivity index is 1.95. The number of hydrogen-bond acceptors (Lipinski definition) is 5. The molecule has 0 saturated heterocycles. The van der Waals surface area contributed by atoms with Crippen LogP contribution in [-0.2, 0) is 9.53 Å². The number of hydrogen-bond donors (Lipinski definition) is 0. The summed E-state index contributed by atoms with van der Waals surface area (Å²) in [6.07, 6.45) is 2.99. The zero-order valence-electron chi connectivity index (χ0n) is 16.7. The fourth-order valence-corrected chi connectivity index (χ4v) is 4.52. The van der Waals surface area contributed by atoms with Gasteiger partial charge in [0.2, 0.25) is 0 Å². The molecule has 2 aromatic carbocycles. The predicted octanol–water partition coefficient (Wildman–Crippen LogP) is 3.10. The van der Waals surface area contributed by atoms with E-state index in [0.717, 1.165) is 16.9 Å². The lowest BCUT2D eigenvalue weighted by molar-refractivity contribution is -0.138. The van der Waals surface area contributed by atoms with Crippen LogP contribution in [0.3, 0.4) is 0 Å². The Kier molecular flexibility index (Phi) is 5.77. The molecule has 0 N–H and O–H groups in total. The van der Waals surface area contributed by atoms with E-state index in [1.807, 2.05) is 30.3 Å². The fourth-order valence-electron chi connectivity index (χ4n) is 3.48. The van der Waals surface area contributed by atoms with E-state index >= 15 is 0 Å². The summed E-state index contributed by atoms with van der Waals surface area (Å²) in [4.78, 5) is 31.2. The van der Waals surface area contributed by atoms with Crippen LogP contribution in [0.25, 0.3) is 6.08 Å². The first-order chi connectivity index (χ1) is 15.0. The van der Waals surface area contributed by atoms with Crippen molar-refractivity contribution in [1.82, 2.24) is 4.57 Å². The lowest BCUT2D eigenvalue weighted by atomic mass is 9.96. The van der Waals surface area contributed by atoms with Gasteiger partial charge in [-0.05, 0) is 24.6 Å². The highest BCUT2D eigenvalue weighted by atomic mass is 32.1. The minimum atomic E-state index is -0.697. The molecule has 4 rings (SSSR count). The molecule has 5 nitrogen and oxygen atoms in total. The van der Waals surface area contributed by atoms with E-state index in [4.69, 9.17) is 4.74 Å². The number of carbonyl (C=O) groups is 1. The molecule has 1 aromatic heterocycles. The molecular formula is C24H19FN2O3S. The van der Waals surface area contributed by atoms with Crippen molar-refractivity contribution in [2.75, 3.05) is 6.61 Å². The van der Waals surface area contributed by atoms with Gasteiger partial charge in [-0.15, -0.1) is 0 Å². The Morgan fingerprint density at radius 1 is 1.23 bits per heavy atom. The number of ether oxygens (including phenoxy) is 1. The van der Waals surface area contributed by atoms with Crippen molar-refractivity contribution in [3.05, 3.63) is 115 Å². The van der Waals surface area contributed by atoms with E-state index in [1.165, 1.54) is 22.8 Å². The molecule has 31 heavy (non-hydrogen) atoms. The van der Waals surface area contributed by atoms with Crippen molar-refractivity contribution >= 4 is 23.4 Å². The highest BCUT2D eigenvalue weighted by Crippen LogP contribution is 2.30. The van der Waals surface area contributed by atoms with Crippen LogP contribution < -0.4 is 14.9 Å². The Bertz CT molecular complexity index is 1370. The van der Waals surface area contributed by atoms with Crippen molar-refractivity contribution in [2.24, 2.45) is 4.99 Å². The van der Waals surface area contributed by atoms with Crippen molar-refractivity contribution in [2.45, 2.75) is 13.0 Å². The molecule has 3 aromatic rings. The molecule has 0 spiro atoms. The fraction of sp³-hybridized carbons (Fsp3) is 0.125. The number of esters is 1. The molecular weight excluding hydrogens is 415 g/mol. The summed E-state index contributed by atoms with van der Waals surface area (Å²) in [7, 11) is 0. The van der Waals surface area contributed by atoms with Gasteiger partial charge in [0.15, 0.2) is 4.80 Å². The molecule has 0 amide bonds. The third-order valence-electron chi connectivity index (χ3n) is 4.88. The van der Waals surface area contributed by atoms with Crippen LogP contribution >= 0.6 is 11.3 Å². The average molecular weight is 434 g/mol. The third kappa shape index (κ3) is 3.92. The van der Waals surface area contributed by atoms with Crippen LogP contribution in [0.5, 0.6) is 0 Å². The number of halogens is 1. The first-order valence-corrected chi connectivity index (χ1v) is 10.4. The number of rotatable bonds is 5. The standard InChI is InChI=1S/C24H19FN2O3S/c1-3-13-30-23(29)20-15(2)26-24-27(21(20)16-9-5-4-6-10-16)22(28)19(31-24)14-17-11-7-8-12-18(17)25/h3-12,14,21H,1,13H2,2H3/b19-14-/t21-/m1/s1. The van der Waals surface area contributed by atoms with E-state index < -0.39 is 17.8 Å². The second-order valence-corrected chi connectivity index (χ2v) is 7.91. The third-order valence-corrected chi connectivity index (χ3v) is 5.86. The van der Waals surface area contributed by atoms with Gasteiger partial charge >= 0.3 is 5.97 Å². The molecule has 0 saturated carbocycles. The Morgan fingerprint density at radius 2 is 1.94 bits per heavy atom.